The standard InChI is InChI=1S/C16H10ClN3O2S3/c17-8-3-4-11-10(6-8)14(21)19-13-12(25-16(23)20(11)13)15(22)18-7-9-2-1-5-24-9/h1-6H,7H2,(H,18,22)(H,19,21). The highest BCUT2D eigenvalue weighted by molar-refractivity contribution is 7.73. The highest BCUT2D eigenvalue weighted by atomic mass is 35.5. The second-order valence-electron chi connectivity index (χ2n) is 5.26. The van der Waals surface area contributed by atoms with Gasteiger partial charge in [-0.15, -0.1) is 11.3 Å². The minimum Gasteiger partial charge on any atom is -0.346 e. The molecule has 0 aliphatic heterocycles. The minimum atomic E-state index is -0.308. The summed E-state index contributed by atoms with van der Waals surface area (Å²) in [5.41, 5.74) is 0.720. The van der Waals surface area contributed by atoms with Crippen LogP contribution in [0.1, 0.15) is 14.5 Å². The van der Waals surface area contributed by atoms with Crippen molar-refractivity contribution in [1.82, 2.24) is 14.7 Å². The third kappa shape index (κ3) is 2.91. The highest BCUT2D eigenvalue weighted by Crippen LogP contribution is 2.24. The van der Waals surface area contributed by atoms with Gasteiger partial charge in [-0.3, -0.25) is 14.0 Å². The van der Waals surface area contributed by atoms with Crippen molar-refractivity contribution in [3.8, 4) is 0 Å². The molecule has 1 amide bonds. The van der Waals surface area contributed by atoms with E-state index in [1.54, 1.807) is 33.9 Å². The maximum atomic E-state index is 12.6. The van der Waals surface area contributed by atoms with E-state index in [4.69, 9.17) is 23.8 Å². The number of rotatable bonds is 3. The van der Waals surface area contributed by atoms with Gasteiger partial charge in [0.25, 0.3) is 11.5 Å². The van der Waals surface area contributed by atoms with Gasteiger partial charge in [0.2, 0.25) is 0 Å². The first-order chi connectivity index (χ1) is 12.0. The molecule has 0 saturated carbocycles. The summed E-state index contributed by atoms with van der Waals surface area (Å²) in [7, 11) is 0. The van der Waals surface area contributed by atoms with Crippen molar-refractivity contribution in [1.29, 1.82) is 0 Å². The van der Waals surface area contributed by atoms with Crippen LogP contribution in [-0.4, -0.2) is 15.3 Å². The first-order valence-electron chi connectivity index (χ1n) is 7.22. The number of thiophene rings is 1. The van der Waals surface area contributed by atoms with Crippen LogP contribution in [0.15, 0.2) is 40.5 Å². The number of aromatic amines is 1. The first kappa shape index (κ1) is 16.5. The van der Waals surface area contributed by atoms with Gasteiger partial charge < -0.3 is 10.3 Å². The number of hydrogen-bond donors (Lipinski definition) is 2. The zero-order chi connectivity index (χ0) is 17.6. The molecule has 0 saturated heterocycles. The van der Waals surface area contributed by atoms with Gasteiger partial charge in [0.15, 0.2) is 3.95 Å². The quantitative estimate of drug-likeness (QED) is 0.500. The Bertz CT molecular complexity index is 1220. The second kappa shape index (κ2) is 6.38. The Labute approximate surface area is 159 Å². The molecule has 2 N–H and O–H groups in total. The molecule has 25 heavy (non-hydrogen) atoms. The molecule has 1 aromatic carbocycles. The third-order valence-electron chi connectivity index (χ3n) is 3.70. The van der Waals surface area contributed by atoms with Gasteiger partial charge >= 0.3 is 0 Å². The van der Waals surface area contributed by atoms with Crippen LogP contribution in [0.5, 0.6) is 0 Å². The Morgan fingerprint density at radius 1 is 1.36 bits per heavy atom. The van der Waals surface area contributed by atoms with Crippen LogP contribution in [0, 0.1) is 3.95 Å². The van der Waals surface area contributed by atoms with Gasteiger partial charge in [-0.2, -0.15) is 0 Å². The van der Waals surface area contributed by atoms with Crippen LogP contribution in [-0.2, 0) is 6.54 Å². The van der Waals surface area contributed by atoms with Crippen LogP contribution < -0.4 is 10.9 Å². The van der Waals surface area contributed by atoms with Gasteiger partial charge in [-0.1, -0.05) is 29.0 Å². The summed E-state index contributed by atoms with van der Waals surface area (Å²) in [4.78, 5) is 29.1. The maximum Gasteiger partial charge on any atom is 0.265 e. The lowest BCUT2D eigenvalue weighted by molar-refractivity contribution is 0.0956. The Hall–Kier alpha value is -2.00. The molecule has 0 radical (unpaired) electrons. The van der Waals surface area contributed by atoms with Crippen LogP contribution >= 0.6 is 46.5 Å². The number of benzene rings is 1. The Kier molecular flexibility index (Phi) is 4.20. The molecule has 0 unspecified atom stereocenters. The molecule has 9 heteroatoms. The van der Waals surface area contributed by atoms with Crippen molar-refractivity contribution >= 4 is 68.9 Å². The van der Waals surface area contributed by atoms with E-state index in [-0.39, 0.29) is 11.5 Å². The summed E-state index contributed by atoms with van der Waals surface area (Å²) in [5.74, 6) is -0.268. The van der Waals surface area contributed by atoms with E-state index in [2.05, 4.69) is 10.3 Å². The molecule has 4 aromatic rings. The number of fused-ring (bicyclic) bond motifs is 3. The Morgan fingerprint density at radius 3 is 2.96 bits per heavy atom. The van der Waals surface area contributed by atoms with Gasteiger partial charge in [-0.05, 0) is 41.9 Å². The number of hydrogen-bond acceptors (Lipinski definition) is 5. The topological polar surface area (TPSA) is 66.4 Å². The zero-order valence-corrected chi connectivity index (χ0v) is 15.7. The van der Waals surface area contributed by atoms with Crippen LogP contribution in [0.3, 0.4) is 0 Å². The van der Waals surface area contributed by atoms with Crippen molar-refractivity contribution in [3.63, 3.8) is 0 Å². The van der Waals surface area contributed by atoms with Crippen LogP contribution in [0.2, 0.25) is 5.02 Å². The molecule has 5 nitrogen and oxygen atoms in total. The molecule has 0 fully saturated rings. The van der Waals surface area contributed by atoms with E-state index in [1.807, 2.05) is 17.5 Å². The van der Waals surface area contributed by atoms with Gasteiger partial charge in [0, 0.05) is 9.90 Å². The fourth-order valence-corrected chi connectivity index (χ4v) is 4.70. The van der Waals surface area contributed by atoms with Crippen molar-refractivity contribution in [3.05, 3.63) is 64.8 Å². The van der Waals surface area contributed by atoms with E-state index < -0.39 is 0 Å². The number of H-pyrrole nitrogens is 1. The average molecular weight is 408 g/mol. The third-order valence-corrected chi connectivity index (χ3v) is 6.18. The molecule has 0 aliphatic rings. The molecule has 3 aromatic heterocycles. The van der Waals surface area contributed by atoms with Gasteiger partial charge in [-0.25, -0.2) is 0 Å². The van der Waals surface area contributed by atoms with Crippen LogP contribution in [0.4, 0.5) is 0 Å². The molecule has 4 rings (SSSR count). The summed E-state index contributed by atoms with van der Waals surface area (Å²) < 4.78 is 2.19. The Morgan fingerprint density at radius 2 is 2.20 bits per heavy atom. The van der Waals surface area contributed by atoms with Gasteiger partial charge in [0.1, 0.15) is 10.5 Å². The Balaban J connectivity index is 1.84. The summed E-state index contributed by atoms with van der Waals surface area (Å²) in [6.45, 7) is 0.431. The fourth-order valence-electron chi connectivity index (χ4n) is 2.58. The number of nitrogens with one attached hydrogen (secondary N) is 2. The van der Waals surface area contributed by atoms with Crippen molar-refractivity contribution in [2.24, 2.45) is 0 Å². The molecular formula is C16H10ClN3O2S3. The van der Waals surface area contributed by atoms with Crippen molar-refractivity contribution < 1.29 is 4.79 Å². The van der Waals surface area contributed by atoms with E-state index in [9.17, 15) is 9.59 Å². The zero-order valence-electron chi connectivity index (χ0n) is 12.5. The predicted molar refractivity (Wildman–Crippen MR) is 105 cm³/mol. The molecule has 0 spiro atoms. The smallest absolute Gasteiger partial charge is 0.265 e. The van der Waals surface area contributed by atoms with Crippen LogP contribution in [0.25, 0.3) is 16.6 Å². The molecule has 3 heterocycles. The number of amides is 1. The lowest BCUT2D eigenvalue weighted by atomic mass is 10.2. The molecule has 0 atom stereocenters. The normalized spacial score (nSPS) is 11.2. The minimum absolute atomic E-state index is 0.268. The molecule has 0 aliphatic carbocycles. The summed E-state index contributed by atoms with van der Waals surface area (Å²) in [5, 5.41) is 5.71. The number of carbonyl (C=O) groups excluding carboxylic acids is 1. The van der Waals surface area contributed by atoms with E-state index >= 15 is 0 Å². The summed E-state index contributed by atoms with van der Waals surface area (Å²) >= 11 is 14.1. The lowest BCUT2D eigenvalue weighted by Crippen LogP contribution is -2.22. The second-order valence-corrected chi connectivity index (χ2v) is 8.37. The number of halogens is 1. The monoisotopic (exact) mass is 407 g/mol. The molecular weight excluding hydrogens is 398 g/mol. The first-order valence-corrected chi connectivity index (χ1v) is 9.70. The van der Waals surface area contributed by atoms with E-state index in [0.717, 1.165) is 4.88 Å². The predicted octanol–water partition coefficient (Wildman–Crippen LogP) is 4.22. The van der Waals surface area contributed by atoms with E-state index in [1.165, 1.54) is 11.3 Å². The largest absolute Gasteiger partial charge is 0.346 e. The van der Waals surface area contributed by atoms with Gasteiger partial charge in [0.05, 0.1) is 17.4 Å². The fraction of sp³-hybridized carbons (Fsp3) is 0.0625. The van der Waals surface area contributed by atoms with Crippen molar-refractivity contribution in [2.75, 3.05) is 0 Å². The summed E-state index contributed by atoms with van der Waals surface area (Å²) in [6.07, 6.45) is 0. The average Bonchev–Trinajstić information content (AvgIpc) is 3.21. The van der Waals surface area contributed by atoms with E-state index in [0.29, 0.717) is 36.9 Å². The number of thiazole rings is 1. The number of aromatic nitrogens is 2. The highest BCUT2D eigenvalue weighted by Gasteiger charge is 2.18. The van der Waals surface area contributed by atoms with Crippen molar-refractivity contribution in [2.45, 2.75) is 6.54 Å². The lowest BCUT2D eigenvalue weighted by Gasteiger charge is -2.05. The maximum absolute atomic E-state index is 12.6. The molecule has 126 valence electrons. The molecule has 0 bridgehead atoms. The number of nitrogens with zero attached hydrogens (tertiary/aromatic N) is 1. The SMILES string of the molecule is O=C(NCc1cccs1)c1sc(=S)n2c1[nH]c(=O)c1cc(Cl)ccc12. The summed E-state index contributed by atoms with van der Waals surface area (Å²) in [6, 6.07) is 8.89. The number of carbonyl (C=O) groups is 1.